The summed E-state index contributed by atoms with van der Waals surface area (Å²) in [5.41, 5.74) is 0.827. The Hall–Kier alpha value is -1.38. The van der Waals surface area contributed by atoms with Gasteiger partial charge in [-0.1, -0.05) is 32.3 Å². The molecule has 1 aromatic heterocycles. The number of hydrogen-bond donors (Lipinski definition) is 1. The Labute approximate surface area is 97.3 Å². The number of amides is 1. The van der Waals surface area contributed by atoms with Crippen LogP contribution < -0.4 is 5.32 Å². The van der Waals surface area contributed by atoms with E-state index in [0.717, 1.165) is 18.7 Å². The van der Waals surface area contributed by atoms with Gasteiger partial charge >= 0.3 is 0 Å². The first kappa shape index (κ1) is 12.7. The van der Waals surface area contributed by atoms with Gasteiger partial charge in [0.2, 0.25) is 5.91 Å². The van der Waals surface area contributed by atoms with Crippen LogP contribution in [0.1, 0.15) is 38.3 Å². The van der Waals surface area contributed by atoms with Crippen molar-refractivity contribution in [3.05, 3.63) is 30.1 Å². The van der Waals surface area contributed by atoms with Crippen LogP contribution >= 0.6 is 0 Å². The zero-order valence-corrected chi connectivity index (χ0v) is 9.91. The Balaban J connectivity index is 2.12. The third-order valence-electron chi connectivity index (χ3n) is 2.42. The van der Waals surface area contributed by atoms with E-state index in [2.05, 4.69) is 17.2 Å². The summed E-state index contributed by atoms with van der Waals surface area (Å²) in [5.74, 6) is 0.0650. The van der Waals surface area contributed by atoms with Gasteiger partial charge in [-0.2, -0.15) is 0 Å². The summed E-state index contributed by atoms with van der Waals surface area (Å²) in [6, 6.07) is 5.62. The van der Waals surface area contributed by atoms with Gasteiger partial charge in [-0.3, -0.25) is 9.78 Å². The number of hydrogen-bond acceptors (Lipinski definition) is 2. The van der Waals surface area contributed by atoms with Crippen molar-refractivity contribution in [1.29, 1.82) is 0 Å². The first-order valence-electron chi connectivity index (χ1n) is 5.99. The summed E-state index contributed by atoms with van der Waals surface area (Å²) in [4.78, 5) is 15.6. The lowest BCUT2D eigenvalue weighted by atomic mass is 10.2. The fourth-order valence-electron chi connectivity index (χ4n) is 1.51. The molecule has 0 fully saturated rings. The lowest BCUT2D eigenvalue weighted by Crippen LogP contribution is -2.26. The fraction of sp³-hybridized carbons (Fsp3) is 0.538. The highest BCUT2D eigenvalue weighted by molar-refractivity contribution is 5.77. The van der Waals surface area contributed by atoms with E-state index in [1.54, 1.807) is 6.20 Å². The molecule has 1 heterocycles. The molecule has 1 aromatic rings. The van der Waals surface area contributed by atoms with Gasteiger partial charge in [0.15, 0.2) is 0 Å². The Morgan fingerprint density at radius 1 is 1.31 bits per heavy atom. The second-order valence-electron chi connectivity index (χ2n) is 3.91. The maximum absolute atomic E-state index is 11.5. The van der Waals surface area contributed by atoms with Crippen LogP contribution in [0.4, 0.5) is 0 Å². The average Bonchev–Trinajstić information content (AvgIpc) is 2.30. The van der Waals surface area contributed by atoms with Crippen LogP contribution in [0.15, 0.2) is 24.4 Å². The molecular formula is C13H20N2O. The highest BCUT2D eigenvalue weighted by Gasteiger charge is 2.02. The second kappa shape index (κ2) is 7.85. The minimum absolute atomic E-state index is 0.0650. The number of nitrogens with one attached hydrogen (secondary N) is 1. The number of rotatable bonds is 7. The number of carbonyl (C=O) groups excluding carboxylic acids is 1. The molecule has 0 aliphatic carbocycles. The van der Waals surface area contributed by atoms with E-state index in [-0.39, 0.29) is 5.91 Å². The lowest BCUT2D eigenvalue weighted by Gasteiger charge is -2.04. The molecule has 0 saturated heterocycles. The molecule has 1 N–H and O–H groups in total. The monoisotopic (exact) mass is 220 g/mol. The maximum Gasteiger partial charge on any atom is 0.226 e. The number of carbonyl (C=O) groups is 1. The number of nitrogens with zero attached hydrogens (tertiary/aromatic N) is 1. The Morgan fingerprint density at radius 3 is 2.88 bits per heavy atom. The average molecular weight is 220 g/mol. The van der Waals surface area contributed by atoms with E-state index in [1.165, 1.54) is 19.3 Å². The lowest BCUT2D eigenvalue weighted by molar-refractivity contribution is -0.120. The van der Waals surface area contributed by atoms with Gasteiger partial charge in [0.1, 0.15) is 0 Å². The van der Waals surface area contributed by atoms with Gasteiger partial charge in [-0.25, -0.2) is 0 Å². The van der Waals surface area contributed by atoms with Crippen molar-refractivity contribution in [1.82, 2.24) is 10.3 Å². The summed E-state index contributed by atoms with van der Waals surface area (Å²) in [6.45, 7) is 2.96. The Morgan fingerprint density at radius 2 is 2.19 bits per heavy atom. The molecule has 0 radical (unpaired) electrons. The third-order valence-corrected chi connectivity index (χ3v) is 2.42. The van der Waals surface area contributed by atoms with Gasteiger partial charge in [-0.05, 0) is 18.6 Å². The molecule has 0 saturated carbocycles. The zero-order chi connectivity index (χ0) is 11.6. The SMILES string of the molecule is CCCCCCNC(=O)Cc1ccccn1. The molecule has 3 nitrogen and oxygen atoms in total. The van der Waals surface area contributed by atoms with Crippen molar-refractivity contribution in [2.24, 2.45) is 0 Å². The molecule has 0 aromatic carbocycles. The van der Waals surface area contributed by atoms with Crippen molar-refractivity contribution >= 4 is 5.91 Å². The van der Waals surface area contributed by atoms with E-state index >= 15 is 0 Å². The third kappa shape index (κ3) is 5.49. The summed E-state index contributed by atoms with van der Waals surface area (Å²) in [5, 5.41) is 2.91. The van der Waals surface area contributed by atoms with Crippen LogP contribution in [0.2, 0.25) is 0 Å². The Bertz CT molecular complexity index is 298. The van der Waals surface area contributed by atoms with E-state index in [0.29, 0.717) is 6.42 Å². The first-order valence-corrected chi connectivity index (χ1v) is 5.99. The number of aromatic nitrogens is 1. The standard InChI is InChI=1S/C13H20N2O/c1-2-3-4-6-10-15-13(16)11-12-8-5-7-9-14-12/h5,7-9H,2-4,6,10-11H2,1H3,(H,15,16). The molecule has 3 heteroatoms. The normalized spacial score (nSPS) is 10.1. The van der Waals surface area contributed by atoms with Gasteiger partial charge in [0.25, 0.3) is 0 Å². The highest BCUT2D eigenvalue weighted by atomic mass is 16.1. The number of pyridine rings is 1. The van der Waals surface area contributed by atoms with Crippen LogP contribution in [0, 0.1) is 0 Å². The minimum Gasteiger partial charge on any atom is -0.356 e. The zero-order valence-electron chi connectivity index (χ0n) is 9.91. The summed E-state index contributed by atoms with van der Waals surface area (Å²) in [7, 11) is 0. The quantitative estimate of drug-likeness (QED) is 0.716. The minimum atomic E-state index is 0.0650. The predicted molar refractivity (Wildman–Crippen MR) is 65.1 cm³/mol. The van der Waals surface area contributed by atoms with Gasteiger partial charge in [0.05, 0.1) is 6.42 Å². The largest absolute Gasteiger partial charge is 0.356 e. The van der Waals surface area contributed by atoms with Crippen molar-refractivity contribution in [2.75, 3.05) is 6.54 Å². The van der Waals surface area contributed by atoms with Gasteiger partial charge in [-0.15, -0.1) is 0 Å². The molecule has 0 atom stereocenters. The maximum atomic E-state index is 11.5. The predicted octanol–water partition coefficient (Wildman–Crippen LogP) is 2.32. The second-order valence-corrected chi connectivity index (χ2v) is 3.91. The summed E-state index contributed by atoms with van der Waals surface area (Å²) >= 11 is 0. The smallest absolute Gasteiger partial charge is 0.226 e. The van der Waals surface area contributed by atoms with Crippen LogP contribution in [0.3, 0.4) is 0 Å². The van der Waals surface area contributed by atoms with E-state index in [4.69, 9.17) is 0 Å². The summed E-state index contributed by atoms with van der Waals surface area (Å²) < 4.78 is 0. The molecule has 0 spiro atoms. The molecule has 1 amide bonds. The fourth-order valence-corrected chi connectivity index (χ4v) is 1.51. The highest BCUT2D eigenvalue weighted by Crippen LogP contribution is 1.98. The molecule has 16 heavy (non-hydrogen) atoms. The molecule has 0 unspecified atom stereocenters. The van der Waals surface area contributed by atoms with Crippen molar-refractivity contribution in [3.8, 4) is 0 Å². The van der Waals surface area contributed by atoms with E-state index in [1.807, 2.05) is 18.2 Å². The van der Waals surface area contributed by atoms with Crippen molar-refractivity contribution < 1.29 is 4.79 Å². The van der Waals surface area contributed by atoms with E-state index in [9.17, 15) is 4.79 Å². The first-order chi connectivity index (χ1) is 7.83. The molecule has 0 bridgehead atoms. The topological polar surface area (TPSA) is 42.0 Å². The molecule has 88 valence electrons. The van der Waals surface area contributed by atoms with E-state index < -0.39 is 0 Å². The van der Waals surface area contributed by atoms with Crippen molar-refractivity contribution in [2.45, 2.75) is 39.0 Å². The van der Waals surface area contributed by atoms with Gasteiger partial charge < -0.3 is 5.32 Å². The molecular weight excluding hydrogens is 200 g/mol. The molecule has 1 rings (SSSR count). The molecule has 0 aliphatic rings. The van der Waals surface area contributed by atoms with Crippen LogP contribution in [-0.2, 0) is 11.2 Å². The summed E-state index contributed by atoms with van der Waals surface area (Å²) in [6.07, 6.45) is 6.83. The van der Waals surface area contributed by atoms with Crippen LogP contribution in [-0.4, -0.2) is 17.4 Å². The Kier molecular flexibility index (Phi) is 6.23. The van der Waals surface area contributed by atoms with Crippen LogP contribution in [0.25, 0.3) is 0 Å². The van der Waals surface area contributed by atoms with Gasteiger partial charge in [0, 0.05) is 18.4 Å². The molecule has 0 aliphatic heterocycles. The van der Waals surface area contributed by atoms with Crippen LogP contribution in [0.5, 0.6) is 0 Å². The number of unbranched alkanes of at least 4 members (excludes halogenated alkanes) is 3. The van der Waals surface area contributed by atoms with Crippen molar-refractivity contribution in [3.63, 3.8) is 0 Å².